The van der Waals surface area contributed by atoms with Crippen molar-refractivity contribution in [3.05, 3.63) is 59.7 Å². The van der Waals surface area contributed by atoms with Gasteiger partial charge in [-0.2, -0.15) is 0 Å². The second-order valence-electron chi connectivity index (χ2n) is 8.76. The number of benzene rings is 2. The Morgan fingerprint density at radius 1 is 1.16 bits per heavy atom. The highest BCUT2D eigenvalue weighted by Crippen LogP contribution is 2.25. The number of nitrogens with two attached hydrogens (primary N) is 1. The quantitative estimate of drug-likeness (QED) is 0.707. The van der Waals surface area contributed by atoms with Crippen LogP contribution >= 0.6 is 0 Å². The zero-order chi connectivity index (χ0) is 22.4. The van der Waals surface area contributed by atoms with Gasteiger partial charge < -0.3 is 25.4 Å². The van der Waals surface area contributed by atoms with Gasteiger partial charge in [-0.25, -0.2) is 4.79 Å². The fourth-order valence-electron chi connectivity index (χ4n) is 3.48. The van der Waals surface area contributed by atoms with Crippen molar-refractivity contribution in [1.29, 1.82) is 0 Å². The topological polar surface area (TPSA) is 93.9 Å². The number of alkyl carbamates (subject to hydrolysis) is 1. The van der Waals surface area contributed by atoms with E-state index in [1.54, 1.807) is 23.1 Å². The summed E-state index contributed by atoms with van der Waals surface area (Å²) in [6.45, 7) is 6.94. The van der Waals surface area contributed by atoms with Crippen molar-refractivity contribution in [2.75, 3.05) is 18.8 Å². The zero-order valence-electron chi connectivity index (χ0n) is 18.4. The summed E-state index contributed by atoms with van der Waals surface area (Å²) >= 11 is 0. The number of rotatable bonds is 5. The lowest BCUT2D eigenvalue weighted by molar-refractivity contribution is 0.0452. The van der Waals surface area contributed by atoms with E-state index in [0.29, 0.717) is 36.7 Å². The number of carbonyl (C=O) groups is 2. The molecule has 1 saturated heterocycles. The van der Waals surface area contributed by atoms with E-state index in [1.807, 2.05) is 51.1 Å². The molecule has 31 heavy (non-hydrogen) atoms. The molecule has 7 heteroatoms. The lowest BCUT2D eigenvalue weighted by Gasteiger charge is -2.33. The van der Waals surface area contributed by atoms with Crippen molar-refractivity contribution < 1.29 is 19.1 Å². The summed E-state index contributed by atoms with van der Waals surface area (Å²) in [6.07, 6.45) is 1.15. The van der Waals surface area contributed by atoms with Gasteiger partial charge in [0.1, 0.15) is 18.0 Å². The maximum Gasteiger partial charge on any atom is 0.407 e. The maximum absolute atomic E-state index is 13.0. The van der Waals surface area contributed by atoms with Crippen LogP contribution in [0.15, 0.2) is 48.5 Å². The van der Waals surface area contributed by atoms with E-state index in [9.17, 15) is 9.59 Å². The molecule has 3 rings (SSSR count). The van der Waals surface area contributed by atoms with Crippen LogP contribution in [-0.4, -0.2) is 41.6 Å². The smallest absolute Gasteiger partial charge is 0.407 e. The average molecular weight is 426 g/mol. The molecule has 0 radical (unpaired) electrons. The van der Waals surface area contributed by atoms with Gasteiger partial charge in [0.05, 0.1) is 5.69 Å². The van der Waals surface area contributed by atoms with Gasteiger partial charge in [0.15, 0.2) is 0 Å². The summed E-state index contributed by atoms with van der Waals surface area (Å²) in [5, 5.41) is 2.86. The number of nitrogen functional groups attached to an aromatic ring is 1. The summed E-state index contributed by atoms with van der Waals surface area (Å²) in [4.78, 5) is 26.8. The number of carbonyl (C=O) groups excluding carboxylic acids is 2. The van der Waals surface area contributed by atoms with Crippen LogP contribution in [0.4, 0.5) is 10.5 Å². The van der Waals surface area contributed by atoms with E-state index in [4.69, 9.17) is 15.2 Å². The Morgan fingerprint density at radius 2 is 1.90 bits per heavy atom. The Bertz CT molecular complexity index is 909. The molecule has 2 amide bonds. The standard InChI is InChI=1S/C24H31N3O4/c1-24(2,3)31-23(29)26-19-10-7-13-27(15-19)22(28)18-11-12-21(20(25)14-18)30-16-17-8-5-4-6-9-17/h4-6,8-9,11-12,14,19H,7,10,13,15-16,25H2,1-3H3,(H,26,29)/t19-/m1/s1. The number of hydrogen-bond donors (Lipinski definition) is 2. The molecule has 0 spiro atoms. The van der Waals surface area contributed by atoms with Crippen LogP contribution in [0, 0.1) is 0 Å². The molecule has 0 aliphatic carbocycles. The molecule has 1 aliphatic rings. The second-order valence-corrected chi connectivity index (χ2v) is 8.76. The van der Waals surface area contributed by atoms with Gasteiger partial charge in [0.25, 0.3) is 5.91 Å². The molecule has 0 saturated carbocycles. The Balaban J connectivity index is 1.58. The third kappa shape index (κ3) is 6.64. The van der Waals surface area contributed by atoms with E-state index in [2.05, 4.69) is 5.32 Å². The van der Waals surface area contributed by atoms with Gasteiger partial charge in [-0.15, -0.1) is 0 Å². The van der Waals surface area contributed by atoms with Gasteiger partial charge in [0.2, 0.25) is 0 Å². The van der Waals surface area contributed by atoms with Crippen molar-refractivity contribution in [3.63, 3.8) is 0 Å². The third-order valence-corrected chi connectivity index (χ3v) is 4.92. The minimum Gasteiger partial charge on any atom is -0.487 e. The van der Waals surface area contributed by atoms with Gasteiger partial charge in [-0.05, 0) is 57.4 Å². The van der Waals surface area contributed by atoms with E-state index in [0.717, 1.165) is 18.4 Å². The summed E-state index contributed by atoms with van der Waals surface area (Å²) in [6, 6.07) is 14.8. The summed E-state index contributed by atoms with van der Waals surface area (Å²) in [5.74, 6) is 0.431. The molecule has 2 aromatic rings. The molecule has 2 aromatic carbocycles. The number of ether oxygens (including phenoxy) is 2. The van der Waals surface area contributed by atoms with Crippen LogP contribution in [0.25, 0.3) is 0 Å². The molecule has 1 aliphatic heterocycles. The molecule has 1 heterocycles. The van der Waals surface area contributed by atoms with Crippen molar-refractivity contribution in [1.82, 2.24) is 10.2 Å². The van der Waals surface area contributed by atoms with Crippen LogP contribution in [0.3, 0.4) is 0 Å². The molecular weight excluding hydrogens is 394 g/mol. The number of hydrogen-bond acceptors (Lipinski definition) is 5. The number of piperidine rings is 1. The van der Waals surface area contributed by atoms with Crippen LogP contribution in [0.1, 0.15) is 49.5 Å². The van der Waals surface area contributed by atoms with Crippen LogP contribution in [0.2, 0.25) is 0 Å². The highest BCUT2D eigenvalue weighted by Gasteiger charge is 2.27. The summed E-state index contributed by atoms with van der Waals surface area (Å²) < 4.78 is 11.1. The first-order valence-electron chi connectivity index (χ1n) is 10.6. The first-order valence-corrected chi connectivity index (χ1v) is 10.6. The monoisotopic (exact) mass is 425 g/mol. The zero-order valence-corrected chi connectivity index (χ0v) is 18.4. The van der Waals surface area contributed by atoms with E-state index < -0.39 is 11.7 Å². The van der Waals surface area contributed by atoms with Crippen LogP contribution < -0.4 is 15.8 Å². The first-order chi connectivity index (χ1) is 14.7. The normalized spacial score (nSPS) is 16.5. The maximum atomic E-state index is 13.0. The predicted molar refractivity (Wildman–Crippen MR) is 120 cm³/mol. The van der Waals surface area contributed by atoms with Crippen LogP contribution in [-0.2, 0) is 11.3 Å². The number of likely N-dealkylation sites (tertiary alicyclic amines) is 1. The highest BCUT2D eigenvalue weighted by atomic mass is 16.6. The van der Waals surface area contributed by atoms with E-state index in [-0.39, 0.29) is 11.9 Å². The second kappa shape index (κ2) is 9.73. The fourth-order valence-corrected chi connectivity index (χ4v) is 3.48. The summed E-state index contributed by atoms with van der Waals surface area (Å²) in [5.41, 5.74) is 7.54. The molecule has 0 aromatic heterocycles. The molecule has 0 unspecified atom stereocenters. The number of nitrogens with zero attached hydrogens (tertiary/aromatic N) is 1. The lowest BCUT2D eigenvalue weighted by Crippen LogP contribution is -2.50. The molecule has 3 N–H and O–H groups in total. The third-order valence-electron chi connectivity index (χ3n) is 4.92. The number of nitrogens with one attached hydrogen (secondary N) is 1. The molecule has 1 atom stereocenters. The van der Waals surface area contributed by atoms with Gasteiger partial charge in [0, 0.05) is 24.7 Å². The van der Waals surface area contributed by atoms with Gasteiger partial charge in [-0.3, -0.25) is 4.79 Å². The molecule has 1 fully saturated rings. The predicted octanol–water partition coefficient (Wildman–Crippen LogP) is 3.98. The first kappa shape index (κ1) is 22.5. The molecule has 0 bridgehead atoms. The number of amides is 2. The van der Waals surface area contributed by atoms with Crippen molar-refractivity contribution in [2.24, 2.45) is 0 Å². The highest BCUT2D eigenvalue weighted by molar-refractivity contribution is 5.95. The minimum absolute atomic E-state index is 0.114. The molecule has 7 nitrogen and oxygen atoms in total. The van der Waals surface area contributed by atoms with Gasteiger partial charge in [-0.1, -0.05) is 30.3 Å². The lowest BCUT2D eigenvalue weighted by atomic mass is 10.0. The largest absolute Gasteiger partial charge is 0.487 e. The van der Waals surface area contributed by atoms with E-state index >= 15 is 0 Å². The fraction of sp³-hybridized carbons (Fsp3) is 0.417. The van der Waals surface area contributed by atoms with Gasteiger partial charge >= 0.3 is 6.09 Å². The van der Waals surface area contributed by atoms with E-state index in [1.165, 1.54) is 0 Å². The Labute approximate surface area is 183 Å². The Kier molecular flexibility index (Phi) is 7.05. The Hall–Kier alpha value is -3.22. The molecular formula is C24H31N3O4. The number of anilines is 1. The van der Waals surface area contributed by atoms with Crippen molar-refractivity contribution >= 4 is 17.7 Å². The van der Waals surface area contributed by atoms with Crippen molar-refractivity contribution in [3.8, 4) is 5.75 Å². The van der Waals surface area contributed by atoms with Crippen LogP contribution in [0.5, 0.6) is 5.75 Å². The molecule has 166 valence electrons. The van der Waals surface area contributed by atoms with Crippen molar-refractivity contribution in [2.45, 2.75) is 51.9 Å². The average Bonchev–Trinajstić information content (AvgIpc) is 2.72. The minimum atomic E-state index is -0.559. The SMILES string of the molecule is CC(C)(C)OC(=O)N[C@@H]1CCCN(C(=O)c2ccc(OCc3ccccc3)c(N)c2)C1. The Morgan fingerprint density at radius 3 is 2.58 bits per heavy atom. The summed E-state index contributed by atoms with van der Waals surface area (Å²) in [7, 11) is 0.